The van der Waals surface area contributed by atoms with Crippen LogP contribution in [0.2, 0.25) is 0 Å². The number of nitrogens with zero attached hydrogens (tertiary/aromatic N) is 4. The van der Waals surface area contributed by atoms with E-state index in [-0.39, 0.29) is 12.1 Å². The zero-order valence-electron chi connectivity index (χ0n) is 17.5. The minimum absolute atomic E-state index is 0.0161. The summed E-state index contributed by atoms with van der Waals surface area (Å²) in [5.74, 6) is 0. The van der Waals surface area contributed by atoms with Crippen molar-refractivity contribution in [2.24, 2.45) is 0 Å². The van der Waals surface area contributed by atoms with Crippen molar-refractivity contribution in [3.05, 3.63) is 6.20 Å². The molecule has 9 heteroatoms. The first-order valence-corrected chi connectivity index (χ1v) is 9.63. The maximum absolute atomic E-state index is 12.4. The molecule has 8 nitrogen and oxygen atoms in total. The van der Waals surface area contributed by atoms with E-state index >= 15 is 0 Å². The average Bonchev–Trinajstić information content (AvgIpc) is 3.09. The van der Waals surface area contributed by atoms with Gasteiger partial charge in [-0.05, 0) is 61.3 Å². The molecule has 150 valence electrons. The normalized spacial score (nSPS) is 24.9. The molecule has 1 amide bonds. The molecule has 2 fully saturated rings. The third-order valence-corrected chi connectivity index (χ3v) is 5.40. The van der Waals surface area contributed by atoms with E-state index in [0.29, 0.717) is 18.7 Å². The molecule has 1 atom stereocenters. The van der Waals surface area contributed by atoms with E-state index in [1.54, 1.807) is 15.9 Å². The maximum atomic E-state index is 12.4. The minimum Gasteiger partial charge on any atom is -0.444 e. The fourth-order valence-corrected chi connectivity index (χ4v) is 3.17. The standard InChI is InChI=1S/C18H31BN4O4/c1-16(2,3)25-15(24)22-10-8-9-13(12-22)23-20-11-14(21-23)19-26-17(4,5)18(6,7)27-19/h11,13H,8-10,12H2,1-7H3. The van der Waals surface area contributed by atoms with Crippen LogP contribution in [0, 0.1) is 0 Å². The molecular weight excluding hydrogens is 347 g/mol. The number of amides is 1. The summed E-state index contributed by atoms with van der Waals surface area (Å²) in [6.45, 7) is 14.9. The summed E-state index contributed by atoms with van der Waals surface area (Å²) in [5.41, 5.74) is -0.680. The van der Waals surface area contributed by atoms with Gasteiger partial charge in [0.25, 0.3) is 0 Å². The molecule has 1 aromatic heterocycles. The van der Waals surface area contributed by atoms with Gasteiger partial charge in [-0.3, -0.25) is 0 Å². The summed E-state index contributed by atoms with van der Waals surface area (Å²) in [6.07, 6.45) is 3.20. The molecule has 0 saturated carbocycles. The Kier molecular flexibility index (Phi) is 5.05. The third-order valence-electron chi connectivity index (χ3n) is 5.40. The first kappa shape index (κ1) is 20.1. The molecule has 1 unspecified atom stereocenters. The van der Waals surface area contributed by atoms with Gasteiger partial charge in [0.1, 0.15) is 11.2 Å². The van der Waals surface area contributed by atoms with E-state index in [9.17, 15) is 4.79 Å². The van der Waals surface area contributed by atoms with Gasteiger partial charge in [0.15, 0.2) is 0 Å². The van der Waals surface area contributed by atoms with Crippen LogP contribution in [-0.2, 0) is 14.0 Å². The van der Waals surface area contributed by atoms with Gasteiger partial charge in [0, 0.05) is 13.1 Å². The molecule has 1 aromatic rings. The molecule has 0 bridgehead atoms. The van der Waals surface area contributed by atoms with Crippen LogP contribution in [0.1, 0.15) is 67.3 Å². The van der Waals surface area contributed by atoms with E-state index in [2.05, 4.69) is 10.2 Å². The van der Waals surface area contributed by atoms with Crippen molar-refractivity contribution < 1.29 is 18.8 Å². The first-order valence-electron chi connectivity index (χ1n) is 9.63. The quantitative estimate of drug-likeness (QED) is 0.734. The number of carbonyl (C=O) groups excluding carboxylic acids is 1. The third kappa shape index (κ3) is 4.29. The number of piperidine rings is 1. The van der Waals surface area contributed by atoms with Crippen molar-refractivity contribution in [3.8, 4) is 0 Å². The van der Waals surface area contributed by atoms with E-state index in [1.807, 2.05) is 48.5 Å². The topological polar surface area (TPSA) is 78.7 Å². The van der Waals surface area contributed by atoms with Crippen LogP contribution in [-0.4, -0.2) is 63.0 Å². The molecule has 27 heavy (non-hydrogen) atoms. The highest BCUT2D eigenvalue weighted by Gasteiger charge is 2.53. The molecule has 2 aliphatic rings. The number of hydrogen-bond acceptors (Lipinski definition) is 6. The average molecular weight is 378 g/mol. The SMILES string of the molecule is CC(C)(C)OC(=O)N1CCCC(n2ncc(B3OC(C)(C)C(C)(C)O3)n2)C1. The Morgan fingerprint density at radius 3 is 2.48 bits per heavy atom. The second-order valence-corrected chi connectivity index (χ2v) is 9.40. The zero-order valence-corrected chi connectivity index (χ0v) is 17.5. The molecule has 3 heterocycles. The highest BCUT2D eigenvalue weighted by molar-refractivity contribution is 6.61. The van der Waals surface area contributed by atoms with Crippen LogP contribution in [0.5, 0.6) is 0 Å². The van der Waals surface area contributed by atoms with Crippen LogP contribution in [0.15, 0.2) is 6.20 Å². The van der Waals surface area contributed by atoms with Gasteiger partial charge in [-0.1, -0.05) is 0 Å². The van der Waals surface area contributed by atoms with Crippen molar-refractivity contribution >= 4 is 18.8 Å². The minimum atomic E-state index is -0.533. The lowest BCUT2D eigenvalue weighted by atomic mass is 9.86. The van der Waals surface area contributed by atoms with E-state index in [4.69, 9.17) is 14.0 Å². The first-order chi connectivity index (χ1) is 12.4. The van der Waals surface area contributed by atoms with Crippen molar-refractivity contribution in [2.75, 3.05) is 13.1 Å². The lowest BCUT2D eigenvalue weighted by Crippen LogP contribution is -2.44. The molecule has 2 aliphatic heterocycles. The Morgan fingerprint density at radius 2 is 1.89 bits per heavy atom. The van der Waals surface area contributed by atoms with E-state index in [1.165, 1.54) is 0 Å². The number of carbonyl (C=O) groups is 1. The Balaban J connectivity index is 1.67. The highest BCUT2D eigenvalue weighted by atomic mass is 16.7. The van der Waals surface area contributed by atoms with Crippen molar-refractivity contribution in [3.63, 3.8) is 0 Å². The smallest absolute Gasteiger partial charge is 0.444 e. The Hall–Kier alpha value is -1.61. The van der Waals surface area contributed by atoms with Gasteiger partial charge >= 0.3 is 13.2 Å². The summed E-state index contributed by atoms with van der Waals surface area (Å²) >= 11 is 0. The Morgan fingerprint density at radius 1 is 1.26 bits per heavy atom. The summed E-state index contributed by atoms with van der Waals surface area (Å²) in [6, 6.07) is 0.0161. The fourth-order valence-electron chi connectivity index (χ4n) is 3.17. The van der Waals surface area contributed by atoms with Crippen molar-refractivity contribution in [1.29, 1.82) is 0 Å². The van der Waals surface area contributed by atoms with Gasteiger partial charge in [0.2, 0.25) is 0 Å². The lowest BCUT2D eigenvalue weighted by molar-refractivity contribution is 0.00578. The maximum Gasteiger partial charge on any atom is 0.518 e. The second-order valence-electron chi connectivity index (χ2n) is 9.40. The largest absolute Gasteiger partial charge is 0.518 e. The molecule has 0 aromatic carbocycles. The molecular formula is C18H31BN4O4. The summed E-state index contributed by atoms with van der Waals surface area (Å²) in [7, 11) is -0.533. The van der Waals surface area contributed by atoms with Crippen LogP contribution < -0.4 is 5.59 Å². The fraction of sp³-hybridized carbons (Fsp3) is 0.833. The van der Waals surface area contributed by atoms with Gasteiger partial charge in [-0.15, -0.1) is 0 Å². The second kappa shape index (κ2) is 6.77. The van der Waals surface area contributed by atoms with Gasteiger partial charge in [0.05, 0.1) is 23.4 Å². The van der Waals surface area contributed by atoms with Crippen LogP contribution in [0.4, 0.5) is 4.79 Å². The highest BCUT2D eigenvalue weighted by Crippen LogP contribution is 2.36. The van der Waals surface area contributed by atoms with Crippen molar-refractivity contribution in [2.45, 2.75) is 84.2 Å². The van der Waals surface area contributed by atoms with E-state index < -0.39 is 23.9 Å². The number of aromatic nitrogens is 3. The predicted molar refractivity (Wildman–Crippen MR) is 102 cm³/mol. The zero-order chi connectivity index (χ0) is 20.0. The van der Waals surface area contributed by atoms with Crippen LogP contribution in [0.25, 0.3) is 0 Å². The molecule has 0 radical (unpaired) electrons. The summed E-state index contributed by atoms with van der Waals surface area (Å²) in [5, 5.41) is 9.01. The van der Waals surface area contributed by atoms with Gasteiger partial charge in [-0.25, -0.2) is 4.79 Å². The monoisotopic (exact) mass is 378 g/mol. The van der Waals surface area contributed by atoms with Crippen LogP contribution >= 0.6 is 0 Å². The lowest BCUT2D eigenvalue weighted by Gasteiger charge is -2.33. The molecule has 2 saturated heterocycles. The van der Waals surface area contributed by atoms with Crippen molar-refractivity contribution in [1.82, 2.24) is 19.9 Å². The molecule has 0 spiro atoms. The number of rotatable bonds is 2. The summed E-state index contributed by atoms with van der Waals surface area (Å²) in [4.78, 5) is 15.8. The summed E-state index contributed by atoms with van der Waals surface area (Å²) < 4.78 is 17.6. The predicted octanol–water partition coefficient (Wildman–Crippen LogP) is 2.15. The number of likely N-dealkylation sites (tertiary alicyclic amines) is 1. The molecule has 3 rings (SSSR count). The van der Waals surface area contributed by atoms with Gasteiger partial charge < -0.3 is 18.9 Å². The number of ether oxygens (including phenoxy) is 1. The van der Waals surface area contributed by atoms with Gasteiger partial charge in [-0.2, -0.15) is 15.0 Å². The number of hydrogen-bond donors (Lipinski definition) is 0. The molecule has 0 N–H and O–H groups in total. The Labute approximate surface area is 161 Å². The van der Waals surface area contributed by atoms with Crippen LogP contribution in [0.3, 0.4) is 0 Å². The van der Waals surface area contributed by atoms with E-state index in [0.717, 1.165) is 12.8 Å². The molecule has 0 aliphatic carbocycles. The Bertz CT molecular complexity index is 682.